The largest absolute Gasteiger partial charge is 0.496 e. The van der Waals surface area contributed by atoms with Gasteiger partial charge in [-0.15, -0.1) is 0 Å². The van der Waals surface area contributed by atoms with Gasteiger partial charge in [-0.1, -0.05) is 6.07 Å². The number of ketones is 1. The first-order valence-corrected chi connectivity index (χ1v) is 13.0. The quantitative estimate of drug-likeness (QED) is 0.400. The number of benzene rings is 1. The maximum absolute atomic E-state index is 13.9. The topological polar surface area (TPSA) is 141 Å². The fourth-order valence-corrected chi connectivity index (χ4v) is 6.94. The number of aliphatic hydroxyl groups excluding tert-OH is 1. The molecule has 7 rings (SSSR count). The SMILES string of the molecule is COc1cccc2[nH]c(C(=O)N3CC4(C5CC5)CC3(C(=O)N[C@@H](C[C@@H]3CCNC3=O)C(=O)CO)C4)cc12. The van der Waals surface area contributed by atoms with Gasteiger partial charge in [0.05, 0.1) is 13.2 Å². The minimum absolute atomic E-state index is 0.0709. The number of hydrogen-bond acceptors (Lipinski definition) is 6. The standard InChI is InChI=1S/C27H32N4O6/c1-37-22-4-2-3-18-17(22)10-20(29-18)24(35)31-14-26(16-5-6-16)12-27(31,13-26)25(36)30-19(21(33)11-32)9-15-7-8-28-23(15)34/h2-4,10,15-16,19,29,32H,5-9,11-14H2,1H3,(H,28,34)(H,30,36)/t15-,19-,26?,27?/m0/s1. The van der Waals surface area contributed by atoms with Crippen molar-refractivity contribution in [2.75, 3.05) is 26.8 Å². The van der Waals surface area contributed by atoms with Gasteiger partial charge in [-0.05, 0) is 68.1 Å². The molecule has 2 saturated carbocycles. The summed E-state index contributed by atoms with van der Waals surface area (Å²) in [6, 6.07) is 6.33. The van der Waals surface area contributed by atoms with Gasteiger partial charge < -0.3 is 30.4 Å². The van der Waals surface area contributed by atoms with Crippen LogP contribution in [0.3, 0.4) is 0 Å². The van der Waals surface area contributed by atoms with Crippen molar-refractivity contribution in [3.05, 3.63) is 30.0 Å². The van der Waals surface area contributed by atoms with E-state index in [9.17, 15) is 24.3 Å². The lowest BCUT2D eigenvalue weighted by Gasteiger charge is -2.47. The van der Waals surface area contributed by atoms with E-state index in [-0.39, 0.29) is 29.6 Å². The minimum Gasteiger partial charge on any atom is -0.496 e. The molecule has 0 unspecified atom stereocenters. The lowest BCUT2D eigenvalue weighted by Crippen LogP contribution is -2.63. The number of Topliss-reactive ketones (excluding diaryl/α,β-unsaturated/α-hetero) is 1. The molecule has 10 nitrogen and oxygen atoms in total. The number of hydrogen-bond donors (Lipinski definition) is 4. The van der Waals surface area contributed by atoms with E-state index in [1.807, 2.05) is 18.2 Å². The molecule has 3 saturated heterocycles. The summed E-state index contributed by atoms with van der Waals surface area (Å²) < 4.78 is 5.44. The van der Waals surface area contributed by atoms with Crippen LogP contribution in [0, 0.1) is 17.3 Å². The average molecular weight is 509 g/mol. The number of H-pyrrole nitrogens is 1. The Bertz CT molecular complexity index is 1290. The van der Waals surface area contributed by atoms with E-state index in [2.05, 4.69) is 15.6 Å². The molecule has 2 aliphatic carbocycles. The Balaban J connectivity index is 1.28. The summed E-state index contributed by atoms with van der Waals surface area (Å²) >= 11 is 0. The van der Waals surface area contributed by atoms with Crippen LogP contribution in [-0.4, -0.2) is 76.9 Å². The predicted octanol–water partition coefficient (Wildman–Crippen LogP) is 1.13. The highest BCUT2D eigenvalue weighted by atomic mass is 16.5. The molecular formula is C27H32N4O6. The maximum atomic E-state index is 13.9. The van der Waals surface area contributed by atoms with Gasteiger partial charge >= 0.3 is 0 Å². The molecule has 196 valence electrons. The van der Waals surface area contributed by atoms with Crippen LogP contribution < -0.4 is 15.4 Å². The zero-order valence-corrected chi connectivity index (χ0v) is 20.8. The van der Waals surface area contributed by atoms with Gasteiger partial charge in [-0.25, -0.2) is 0 Å². The second-order valence-electron chi connectivity index (χ2n) is 11.2. The molecule has 5 fully saturated rings. The summed E-state index contributed by atoms with van der Waals surface area (Å²) in [5.74, 6) is -0.551. The fourth-order valence-electron chi connectivity index (χ4n) is 6.94. The van der Waals surface area contributed by atoms with Crippen molar-refractivity contribution in [3.8, 4) is 5.75 Å². The summed E-state index contributed by atoms with van der Waals surface area (Å²) in [7, 11) is 1.58. The number of methoxy groups -OCH3 is 1. The smallest absolute Gasteiger partial charge is 0.271 e. The molecule has 4 N–H and O–H groups in total. The molecule has 1 aromatic carbocycles. The molecule has 5 aliphatic rings. The van der Waals surface area contributed by atoms with Crippen LogP contribution in [-0.2, 0) is 14.4 Å². The number of aromatic nitrogens is 1. The number of rotatable bonds is 9. The normalized spacial score (nSPS) is 29.1. The zero-order chi connectivity index (χ0) is 25.9. The number of aromatic amines is 1. The summed E-state index contributed by atoms with van der Waals surface area (Å²) in [5, 5.41) is 15.9. The summed E-state index contributed by atoms with van der Waals surface area (Å²) in [6.45, 7) is 0.306. The van der Waals surface area contributed by atoms with Crippen molar-refractivity contribution in [1.29, 1.82) is 0 Å². The van der Waals surface area contributed by atoms with Crippen LogP contribution >= 0.6 is 0 Å². The van der Waals surface area contributed by atoms with Gasteiger partial charge in [0.15, 0.2) is 5.78 Å². The lowest BCUT2D eigenvalue weighted by molar-refractivity contribution is -0.140. The summed E-state index contributed by atoms with van der Waals surface area (Å²) in [6.07, 6.45) is 4.05. The molecule has 1 aromatic heterocycles. The first kappa shape index (κ1) is 24.0. The van der Waals surface area contributed by atoms with E-state index in [0.29, 0.717) is 49.7 Å². The first-order chi connectivity index (χ1) is 17.8. The molecule has 2 bridgehead atoms. The average Bonchev–Trinajstić information content (AvgIpc) is 3.23. The van der Waals surface area contributed by atoms with Crippen LogP contribution in [0.4, 0.5) is 0 Å². The Hall–Kier alpha value is -3.40. The number of amides is 3. The number of aliphatic hydroxyl groups is 1. The second kappa shape index (κ2) is 8.58. The highest BCUT2D eigenvalue weighted by molar-refractivity contribution is 6.04. The van der Waals surface area contributed by atoms with Gasteiger partial charge in [0.1, 0.15) is 23.6 Å². The molecule has 3 aliphatic heterocycles. The Labute approximate surface area is 214 Å². The third kappa shape index (κ3) is 3.72. The van der Waals surface area contributed by atoms with Crippen molar-refractivity contribution in [2.24, 2.45) is 17.3 Å². The van der Waals surface area contributed by atoms with Crippen molar-refractivity contribution in [2.45, 2.75) is 50.1 Å². The molecule has 3 amide bonds. The lowest BCUT2D eigenvalue weighted by atomic mass is 9.59. The van der Waals surface area contributed by atoms with Crippen LogP contribution in [0.2, 0.25) is 0 Å². The van der Waals surface area contributed by atoms with Crippen molar-refractivity contribution in [3.63, 3.8) is 0 Å². The Morgan fingerprint density at radius 1 is 1.24 bits per heavy atom. The van der Waals surface area contributed by atoms with E-state index in [4.69, 9.17) is 4.74 Å². The molecule has 2 aromatic rings. The fraction of sp³-hybridized carbons (Fsp3) is 0.556. The van der Waals surface area contributed by atoms with Crippen molar-refractivity contribution in [1.82, 2.24) is 20.5 Å². The Morgan fingerprint density at radius 2 is 2.03 bits per heavy atom. The molecule has 0 radical (unpaired) electrons. The first-order valence-electron chi connectivity index (χ1n) is 13.0. The van der Waals surface area contributed by atoms with Gasteiger partial charge in [0, 0.05) is 29.9 Å². The highest BCUT2D eigenvalue weighted by Gasteiger charge is 2.73. The number of carbonyl (C=O) groups excluding carboxylic acids is 4. The van der Waals surface area contributed by atoms with E-state index >= 15 is 0 Å². The second-order valence-corrected chi connectivity index (χ2v) is 11.2. The Morgan fingerprint density at radius 3 is 2.68 bits per heavy atom. The molecule has 10 heteroatoms. The van der Waals surface area contributed by atoms with Crippen LogP contribution in [0.25, 0.3) is 10.9 Å². The number of fused-ring (bicyclic) bond motifs is 2. The van der Waals surface area contributed by atoms with Gasteiger partial charge in [-0.2, -0.15) is 0 Å². The zero-order valence-electron chi connectivity index (χ0n) is 20.8. The third-order valence-corrected chi connectivity index (χ3v) is 9.00. The predicted molar refractivity (Wildman–Crippen MR) is 133 cm³/mol. The number of carbonyl (C=O) groups is 4. The molecule has 2 atom stereocenters. The van der Waals surface area contributed by atoms with Crippen LogP contribution in [0.15, 0.2) is 24.3 Å². The van der Waals surface area contributed by atoms with Gasteiger partial charge in [0.2, 0.25) is 11.8 Å². The number of nitrogens with zero attached hydrogens (tertiary/aromatic N) is 1. The minimum atomic E-state index is -1.05. The van der Waals surface area contributed by atoms with E-state index in [1.165, 1.54) is 0 Å². The molecule has 37 heavy (non-hydrogen) atoms. The number of nitrogens with one attached hydrogen (secondary N) is 3. The van der Waals surface area contributed by atoms with Gasteiger partial charge in [-0.3, -0.25) is 19.2 Å². The van der Waals surface area contributed by atoms with E-state index < -0.39 is 29.9 Å². The van der Waals surface area contributed by atoms with Crippen molar-refractivity contribution >= 4 is 34.4 Å². The highest BCUT2D eigenvalue weighted by Crippen LogP contribution is 2.68. The summed E-state index contributed by atoms with van der Waals surface area (Å²) in [5.41, 5.74) is 0.0368. The maximum Gasteiger partial charge on any atom is 0.271 e. The van der Waals surface area contributed by atoms with E-state index in [1.54, 1.807) is 18.1 Å². The monoisotopic (exact) mass is 508 g/mol. The van der Waals surface area contributed by atoms with Crippen molar-refractivity contribution < 1.29 is 29.0 Å². The molecular weight excluding hydrogens is 476 g/mol. The Kier molecular flexibility index (Phi) is 5.56. The third-order valence-electron chi connectivity index (χ3n) is 9.00. The summed E-state index contributed by atoms with van der Waals surface area (Å²) in [4.78, 5) is 57.2. The molecule has 4 heterocycles. The van der Waals surface area contributed by atoms with E-state index in [0.717, 1.165) is 23.7 Å². The van der Waals surface area contributed by atoms with Crippen LogP contribution in [0.5, 0.6) is 5.75 Å². The number of ether oxygens (including phenoxy) is 1. The van der Waals surface area contributed by atoms with Gasteiger partial charge in [0.25, 0.3) is 5.91 Å². The van der Waals surface area contributed by atoms with Crippen LogP contribution in [0.1, 0.15) is 49.0 Å². The molecule has 0 spiro atoms.